The molecule has 1 aromatic heterocycles. The molecule has 0 unspecified atom stereocenters. The van der Waals surface area contributed by atoms with Gasteiger partial charge in [-0.2, -0.15) is 0 Å². The van der Waals surface area contributed by atoms with Crippen LogP contribution in [0.1, 0.15) is 25.7 Å². The van der Waals surface area contributed by atoms with Crippen molar-refractivity contribution < 1.29 is 9.59 Å². The van der Waals surface area contributed by atoms with Crippen molar-refractivity contribution in [2.75, 3.05) is 5.32 Å². The lowest BCUT2D eigenvalue weighted by Crippen LogP contribution is -2.16. The van der Waals surface area contributed by atoms with Gasteiger partial charge in [0, 0.05) is 28.4 Å². The van der Waals surface area contributed by atoms with E-state index in [0.717, 1.165) is 5.01 Å². The van der Waals surface area contributed by atoms with Crippen LogP contribution in [0, 0.1) is 0 Å². The molecule has 0 radical (unpaired) electrons. The fraction of sp³-hybridized carbons (Fsp3) is 0.0833. The van der Waals surface area contributed by atoms with E-state index in [9.17, 15) is 9.59 Å². The van der Waals surface area contributed by atoms with Gasteiger partial charge in [-0.1, -0.05) is 0 Å². The molecule has 0 bridgehead atoms. The Morgan fingerprint density at radius 3 is 2.26 bits per heavy atom. The van der Waals surface area contributed by atoms with E-state index in [2.05, 4.69) is 10.3 Å². The fourth-order valence-corrected chi connectivity index (χ4v) is 2.09. The summed E-state index contributed by atoms with van der Waals surface area (Å²) in [6.45, 7) is 0.498. The number of carbonyl (C=O) groups is 2. The number of nitrogens with zero attached hydrogens (tertiary/aromatic N) is 1. The Morgan fingerprint density at radius 1 is 1.16 bits per heavy atom. The highest BCUT2D eigenvalue weighted by Gasteiger charge is 2.09. The average Bonchev–Trinajstić information content (AvgIpc) is 2.89. The molecule has 19 heavy (non-hydrogen) atoms. The smallest absolute Gasteiger partial charge is 0.248 e. The number of amides is 2. The molecule has 98 valence electrons. The molecule has 0 atom stereocenters. The maximum absolute atomic E-state index is 11.2. The van der Waals surface area contributed by atoms with Gasteiger partial charge in [-0.05, 0) is 18.2 Å². The second kappa shape index (κ2) is 5.49. The van der Waals surface area contributed by atoms with Gasteiger partial charge in [0.15, 0.2) is 0 Å². The van der Waals surface area contributed by atoms with Crippen LogP contribution in [0.4, 0.5) is 5.69 Å². The van der Waals surface area contributed by atoms with E-state index in [4.69, 9.17) is 11.5 Å². The molecule has 0 saturated carbocycles. The molecule has 0 aliphatic rings. The zero-order chi connectivity index (χ0) is 13.8. The van der Waals surface area contributed by atoms with E-state index in [1.807, 2.05) is 5.38 Å². The zero-order valence-corrected chi connectivity index (χ0v) is 10.7. The molecular formula is C12H12N4O2S. The first-order valence-electron chi connectivity index (χ1n) is 5.43. The number of hydrogen-bond donors (Lipinski definition) is 3. The standard InChI is InChI=1S/C12H12N4O2S/c13-11(17)7-3-8(12(14)18)5-9(4-7)16-6-10-15-1-2-19-10/h1-5,16H,6H2,(H2,13,17)(H2,14,18). The Morgan fingerprint density at radius 2 is 1.79 bits per heavy atom. The topological polar surface area (TPSA) is 111 Å². The van der Waals surface area contributed by atoms with E-state index in [0.29, 0.717) is 12.2 Å². The van der Waals surface area contributed by atoms with Crippen LogP contribution in [-0.2, 0) is 6.54 Å². The minimum Gasteiger partial charge on any atom is -0.378 e. The first-order valence-corrected chi connectivity index (χ1v) is 6.31. The molecule has 7 heteroatoms. The van der Waals surface area contributed by atoms with Crippen LogP contribution in [0.3, 0.4) is 0 Å². The summed E-state index contributed by atoms with van der Waals surface area (Å²) in [5.41, 5.74) is 11.5. The van der Waals surface area contributed by atoms with E-state index in [1.54, 1.807) is 18.3 Å². The van der Waals surface area contributed by atoms with Crippen molar-refractivity contribution in [2.24, 2.45) is 11.5 Å². The molecule has 2 rings (SSSR count). The maximum Gasteiger partial charge on any atom is 0.248 e. The van der Waals surface area contributed by atoms with Crippen LogP contribution in [0.15, 0.2) is 29.8 Å². The number of benzene rings is 1. The predicted octanol–water partition coefficient (Wildman–Crippen LogP) is 0.953. The first kappa shape index (κ1) is 13.0. The summed E-state index contributed by atoms with van der Waals surface area (Å²) in [6, 6.07) is 4.52. The fourth-order valence-electron chi connectivity index (χ4n) is 1.53. The molecular weight excluding hydrogens is 264 g/mol. The SMILES string of the molecule is NC(=O)c1cc(NCc2nccs2)cc(C(N)=O)c1. The van der Waals surface area contributed by atoms with Crippen LogP contribution in [0.2, 0.25) is 0 Å². The van der Waals surface area contributed by atoms with Gasteiger partial charge < -0.3 is 16.8 Å². The highest BCUT2D eigenvalue weighted by atomic mass is 32.1. The Balaban J connectivity index is 2.23. The van der Waals surface area contributed by atoms with Crippen LogP contribution < -0.4 is 16.8 Å². The van der Waals surface area contributed by atoms with Gasteiger partial charge in [-0.25, -0.2) is 4.98 Å². The summed E-state index contributed by atoms with van der Waals surface area (Å²) >= 11 is 1.51. The number of thiazole rings is 1. The number of nitrogens with one attached hydrogen (secondary N) is 1. The Bertz CT molecular complexity index is 578. The lowest BCUT2D eigenvalue weighted by molar-refractivity contribution is 0.0999. The number of anilines is 1. The van der Waals surface area contributed by atoms with Crippen molar-refractivity contribution in [3.05, 3.63) is 45.9 Å². The quantitative estimate of drug-likeness (QED) is 0.755. The number of hydrogen-bond acceptors (Lipinski definition) is 5. The maximum atomic E-state index is 11.2. The number of carbonyl (C=O) groups excluding carboxylic acids is 2. The van der Waals surface area contributed by atoms with Crippen LogP contribution >= 0.6 is 11.3 Å². The summed E-state index contributed by atoms with van der Waals surface area (Å²) in [5, 5.41) is 5.83. The molecule has 2 amide bonds. The number of rotatable bonds is 5. The van der Waals surface area contributed by atoms with Gasteiger partial charge >= 0.3 is 0 Å². The summed E-state index contributed by atoms with van der Waals surface area (Å²) < 4.78 is 0. The second-order valence-corrected chi connectivity index (χ2v) is 4.79. The Kier molecular flexibility index (Phi) is 3.76. The molecule has 0 spiro atoms. The van der Waals surface area contributed by atoms with Gasteiger partial charge in [0.25, 0.3) is 0 Å². The molecule has 6 nitrogen and oxygen atoms in total. The normalized spacial score (nSPS) is 10.1. The molecule has 0 aliphatic heterocycles. The van der Waals surface area contributed by atoms with Crippen LogP contribution in [0.25, 0.3) is 0 Å². The van der Waals surface area contributed by atoms with Crippen LogP contribution in [0.5, 0.6) is 0 Å². The van der Waals surface area contributed by atoms with Crippen molar-refractivity contribution >= 4 is 28.8 Å². The number of nitrogens with two attached hydrogens (primary N) is 2. The minimum atomic E-state index is -0.611. The molecule has 1 heterocycles. The highest BCUT2D eigenvalue weighted by molar-refractivity contribution is 7.09. The average molecular weight is 276 g/mol. The van der Waals surface area contributed by atoms with Crippen molar-refractivity contribution in [3.8, 4) is 0 Å². The lowest BCUT2D eigenvalue weighted by atomic mass is 10.1. The number of primary amides is 2. The summed E-state index contributed by atoms with van der Waals surface area (Å²) in [6.07, 6.45) is 1.70. The van der Waals surface area contributed by atoms with Crippen molar-refractivity contribution in [3.63, 3.8) is 0 Å². The third kappa shape index (κ3) is 3.29. The molecule has 0 aliphatic carbocycles. The summed E-state index contributed by atoms with van der Waals surface area (Å²) in [4.78, 5) is 26.5. The van der Waals surface area contributed by atoms with Gasteiger partial charge in [-0.3, -0.25) is 9.59 Å². The van der Waals surface area contributed by atoms with E-state index in [-0.39, 0.29) is 11.1 Å². The largest absolute Gasteiger partial charge is 0.378 e. The van der Waals surface area contributed by atoms with Gasteiger partial charge in [-0.15, -0.1) is 11.3 Å². The highest BCUT2D eigenvalue weighted by Crippen LogP contribution is 2.16. The zero-order valence-electron chi connectivity index (χ0n) is 9.92. The van der Waals surface area contributed by atoms with Gasteiger partial charge in [0.2, 0.25) is 11.8 Å². The lowest BCUT2D eigenvalue weighted by Gasteiger charge is -2.08. The second-order valence-electron chi connectivity index (χ2n) is 3.81. The van der Waals surface area contributed by atoms with Crippen molar-refractivity contribution in [2.45, 2.75) is 6.54 Å². The first-order chi connectivity index (χ1) is 9.06. The monoisotopic (exact) mass is 276 g/mol. The van der Waals surface area contributed by atoms with Gasteiger partial charge in [0.1, 0.15) is 5.01 Å². The van der Waals surface area contributed by atoms with Gasteiger partial charge in [0.05, 0.1) is 6.54 Å². The number of aromatic nitrogens is 1. The van der Waals surface area contributed by atoms with E-state index in [1.165, 1.54) is 17.4 Å². The molecule has 2 aromatic rings. The predicted molar refractivity (Wildman–Crippen MR) is 72.9 cm³/mol. The third-order valence-corrected chi connectivity index (χ3v) is 3.21. The molecule has 1 aromatic carbocycles. The third-order valence-electron chi connectivity index (χ3n) is 2.43. The van der Waals surface area contributed by atoms with Crippen molar-refractivity contribution in [1.82, 2.24) is 4.98 Å². The summed E-state index contributed by atoms with van der Waals surface area (Å²) in [7, 11) is 0. The summed E-state index contributed by atoms with van der Waals surface area (Å²) in [5.74, 6) is -1.22. The Hall–Kier alpha value is -2.41. The van der Waals surface area contributed by atoms with E-state index >= 15 is 0 Å². The Labute approximate surface area is 113 Å². The molecule has 5 N–H and O–H groups in total. The van der Waals surface area contributed by atoms with Crippen LogP contribution in [-0.4, -0.2) is 16.8 Å². The van der Waals surface area contributed by atoms with E-state index < -0.39 is 11.8 Å². The minimum absolute atomic E-state index is 0.234. The van der Waals surface area contributed by atoms with Crippen molar-refractivity contribution in [1.29, 1.82) is 0 Å². The molecule has 0 saturated heterocycles. The molecule has 0 fully saturated rings.